The molecule has 0 fully saturated rings. The van der Waals surface area contributed by atoms with Crippen LogP contribution in [-0.2, 0) is 57.0 Å². The van der Waals surface area contributed by atoms with Crippen molar-refractivity contribution in [3.05, 3.63) is 66.5 Å². The Labute approximate surface area is 586 Å². The van der Waals surface area contributed by atoms with Gasteiger partial charge in [0.05, 0.1) is 156 Å². The number of phenolic OH excluding ortho intramolecular Hbond substituents is 4. The van der Waals surface area contributed by atoms with Crippen molar-refractivity contribution in [2.45, 2.75) is 34.6 Å². The molecule has 0 heterocycles. The van der Waals surface area contributed by atoms with Crippen LogP contribution in [0.5, 0.6) is 92.0 Å². The summed E-state index contributed by atoms with van der Waals surface area (Å²) in [5.41, 5.74) is 2.88. The Kier molecular flexibility index (Phi) is 47.4. The van der Waals surface area contributed by atoms with Crippen LogP contribution in [0.3, 0.4) is 0 Å². The predicted octanol–water partition coefficient (Wildman–Crippen LogP) is 5.41. The van der Waals surface area contributed by atoms with Crippen LogP contribution in [0, 0.1) is 33.8 Å². The number of phenols is 4. The Hall–Kier alpha value is -6.01. The Morgan fingerprint density at radius 2 is 0.774 bits per heavy atom. The van der Waals surface area contributed by atoms with Gasteiger partial charge in [-0.3, -0.25) is 9.59 Å². The summed E-state index contributed by atoms with van der Waals surface area (Å²) in [4.78, 5) is 22.6. The third-order valence-corrected chi connectivity index (χ3v) is 13.8. The first-order chi connectivity index (χ1) is 43.6. The zero-order chi connectivity index (χ0) is 68.8. The van der Waals surface area contributed by atoms with Gasteiger partial charge in [-0.25, -0.2) is 0 Å². The minimum absolute atomic E-state index is 0. The maximum atomic E-state index is 11.4. The van der Waals surface area contributed by atoms with Gasteiger partial charge in [0.1, 0.15) is 0 Å². The van der Waals surface area contributed by atoms with E-state index in [9.17, 15) is 30.0 Å². The average molecular weight is 1530 g/mol. The quantitative estimate of drug-likeness (QED) is 0.0113. The Morgan fingerprint density at radius 3 is 1.19 bits per heavy atom. The monoisotopic (exact) mass is 1530 g/mol. The molecule has 0 atom stereocenters. The van der Waals surface area contributed by atoms with Crippen molar-refractivity contribution in [2.24, 2.45) is 0 Å². The zero-order valence-electron chi connectivity index (χ0n) is 56.1. The van der Waals surface area contributed by atoms with Crippen LogP contribution >= 0.6 is 31.9 Å². The zero-order valence-corrected chi connectivity index (χ0v) is 62.2. The van der Waals surface area contributed by atoms with Gasteiger partial charge in [-0.2, -0.15) is 0 Å². The van der Waals surface area contributed by atoms with E-state index in [0.717, 1.165) is 5.56 Å². The van der Waals surface area contributed by atoms with E-state index in [2.05, 4.69) is 37.9 Å². The van der Waals surface area contributed by atoms with Crippen LogP contribution in [0.25, 0.3) is 0 Å². The number of hydrogen-bond acceptors (Lipinski definition) is 28. The molecule has 0 saturated carbocycles. The fraction of sp³-hybridized carbons (Fsp3) is 0.508. The molecule has 1 aliphatic rings. The van der Waals surface area contributed by atoms with E-state index < -0.39 is 0 Å². The largest absolute Gasteiger partial charge is 2.00 e. The van der Waals surface area contributed by atoms with Crippen molar-refractivity contribution in [1.82, 2.24) is 0 Å². The molecule has 0 aromatic heterocycles. The molecule has 93 heavy (non-hydrogen) atoms. The van der Waals surface area contributed by atoms with Gasteiger partial charge in [0.25, 0.3) is 0 Å². The summed E-state index contributed by atoms with van der Waals surface area (Å²) in [5.74, 6) is 3.05. The number of Topliss-reactive ketones (excluding diaryl/α,β-unsaturated/α-hetero) is 1. The Morgan fingerprint density at radius 1 is 0.398 bits per heavy atom. The smallest absolute Gasteiger partial charge is 1.00 e. The molecule has 32 heteroatoms. The number of hydrogen-bond donors (Lipinski definition) is 4. The van der Waals surface area contributed by atoms with Gasteiger partial charge in [0.15, 0.2) is 61.7 Å². The SMILES string of the molecule is COC1=C(OC)C(=O)C(C)=CC1=O.COCCOCOc1[c-]c(C)c(OCOCCOC)c(OC)c1OC.COCCOCOc1c(C)c(Br)c(OCOCCOC)c(OC)c1OC.COc1c(O)c(C)c(Br)c(O)c1OC.COc1c(O)cc(C)c(O)c1OC.[Br-].[Mg+2]. The van der Waals surface area contributed by atoms with Crippen LogP contribution in [0.15, 0.2) is 38.2 Å². The van der Waals surface area contributed by atoms with Gasteiger partial charge >= 0.3 is 23.1 Å². The summed E-state index contributed by atoms with van der Waals surface area (Å²) in [7, 11) is 20.8. The molecule has 4 aromatic carbocycles. The molecule has 0 spiro atoms. The second-order valence-electron chi connectivity index (χ2n) is 17.7. The third kappa shape index (κ3) is 27.0. The van der Waals surface area contributed by atoms with Crippen LogP contribution in [0.1, 0.15) is 29.2 Å². The number of aromatic hydroxyl groups is 4. The number of halogens is 3. The van der Waals surface area contributed by atoms with Crippen molar-refractivity contribution in [3.63, 3.8) is 0 Å². The van der Waals surface area contributed by atoms with Crippen LogP contribution in [0.4, 0.5) is 0 Å². The summed E-state index contributed by atoms with van der Waals surface area (Å²) < 4.78 is 116. The van der Waals surface area contributed by atoms with Crippen molar-refractivity contribution in [1.29, 1.82) is 0 Å². The summed E-state index contributed by atoms with van der Waals surface area (Å²) in [6.07, 6.45) is 1.24. The van der Waals surface area contributed by atoms with E-state index >= 15 is 0 Å². The maximum absolute atomic E-state index is 11.4. The number of carbonyl (C=O) groups is 2. The number of rotatable bonds is 34. The van der Waals surface area contributed by atoms with Gasteiger partial charge in [0.2, 0.25) is 57.6 Å². The first-order valence-electron chi connectivity index (χ1n) is 27.0. The Balaban J connectivity index is 0. The molecule has 0 unspecified atom stereocenters. The number of allylic oxidation sites excluding steroid dienone is 2. The van der Waals surface area contributed by atoms with E-state index in [1.165, 1.54) is 83.2 Å². The Bertz CT molecular complexity index is 2860. The average Bonchev–Trinajstić information content (AvgIpc) is 0.818. The molecule has 28 nitrogen and oxygen atoms in total. The minimum Gasteiger partial charge on any atom is -1.00 e. The molecule has 4 aromatic rings. The van der Waals surface area contributed by atoms with E-state index in [-0.39, 0.29) is 136 Å². The molecule has 4 N–H and O–H groups in total. The molecule has 0 radical (unpaired) electrons. The molecule has 0 saturated heterocycles. The molecule has 5 rings (SSSR count). The number of benzene rings is 4. The van der Waals surface area contributed by atoms with E-state index in [1.807, 2.05) is 13.8 Å². The van der Waals surface area contributed by atoms with E-state index in [4.69, 9.17) is 104 Å². The van der Waals surface area contributed by atoms with Gasteiger partial charge in [-0.15, -0.1) is 11.6 Å². The molecule has 0 bridgehead atoms. The molecule has 1 aliphatic carbocycles. The number of ketones is 2. The molecular formula is C61H87Br3MgO28. The fourth-order valence-corrected chi connectivity index (χ4v) is 8.15. The van der Waals surface area contributed by atoms with Crippen LogP contribution in [-0.4, -0.2) is 235 Å². The van der Waals surface area contributed by atoms with Gasteiger partial charge < -0.3 is 142 Å². The third-order valence-electron chi connectivity index (χ3n) is 11.9. The number of methoxy groups -OCH3 is 14. The predicted molar refractivity (Wildman–Crippen MR) is 342 cm³/mol. The minimum atomic E-state index is -0.337. The van der Waals surface area contributed by atoms with Crippen LogP contribution < -0.4 is 73.8 Å². The van der Waals surface area contributed by atoms with Gasteiger partial charge in [0, 0.05) is 45.1 Å². The number of ether oxygens (including phenoxy) is 22. The summed E-state index contributed by atoms with van der Waals surface area (Å²) in [5, 5.41) is 38.2. The molecular weight excluding hydrogens is 1440 g/mol. The van der Waals surface area contributed by atoms with E-state index in [1.54, 1.807) is 49.2 Å². The normalized spacial score (nSPS) is 11.1. The second kappa shape index (κ2) is 49.5. The molecule has 0 amide bonds. The standard InChI is InChI=1S/C17H27BrO8.C17H27O8.C9H11BrO4.C9H12O4.C9H10O4.BrH.Mg/c1-12-13(18)15(26-11-24-9-7-20-3)17(22-5)16(21-4)14(12)25-10-23-8-6-19-2;1-13-10-14(24-11-22-8-6-18-2)16(20-4)17(21-5)15(13)25-12-23-9-7-19-3;1-4-5(10)7(12)9(14-3)8(13-2)6(4)11;2*1-5-4-6(10)8(12-2)9(13-3)7(5)11;;/h6-11H2,1-5H3;6-9,11-12H2,1-5H3;11-12H,1-3H3;4,10-11H,1-3H3;4H,1-3H3;1H;/q;-1;;;;;+2/p-1. The van der Waals surface area contributed by atoms with Crippen molar-refractivity contribution in [3.8, 4) is 92.0 Å². The molecule has 0 aliphatic heterocycles. The second-order valence-corrected chi connectivity index (χ2v) is 19.3. The summed E-state index contributed by atoms with van der Waals surface area (Å²) in [6.45, 7) is 12.4. The van der Waals surface area contributed by atoms with Crippen molar-refractivity contribution in [2.75, 3.05) is 180 Å². The summed E-state index contributed by atoms with van der Waals surface area (Å²) in [6, 6.07) is 4.48. The van der Waals surface area contributed by atoms with Gasteiger partial charge in [-0.05, 0) is 77.3 Å². The topological polar surface area (TPSA) is 318 Å². The van der Waals surface area contributed by atoms with Gasteiger partial charge in [-0.1, -0.05) is 6.92 Å². The first-order valence-corrected chi connectivity index (χ1v) is 28.6. The first kappa shape index (κ1) is 89.0. The molecule has 522 valence electrons. The number of carbonyl (C=O) groups excluding carboxylic acids is 2. The van der Waals surface area contributed by atoms with E-state index in [0.29, 0.717) is 130 Å². The summed E-state index contributed by atoms with van der Waals surface area (Å²) >= 11 is 6.66. The van der Waals surface area contributed by atoms with Crippen LogP contribution in [0.2, 0.25) is 0 Å². The van der Waals surface area contributed by atoms with Crippen molar-refractivity contribution < 1.29 is 151 Å². The fourth-order valence-electron chi connectivity index (χ4n) is 7.31. The maximum Gasteiger partial charge on any atom is 2.00 e. The van der Waals surface area contributed by atoms with Crippen molar-refractivity contribution >= 4 is 66.5 Å². The number of aryl methyl sites for hydroxylation is 2.